The van der Waals surface area contributed by atoms with Crippen LogP contribution in [0.2, 0.25) is 0 Å². The molecular formula is C24H25N3O2. The zero-order valence-electron chi connectivity index (χ0n) is 16.2. The highest BCUT2D eigenvalue weighted by Gasteiger charge is 2.21. The lowest BCUT2D eigenvalue weighted by Gasteiger charge is -2.31. The number of aliphatic hydroxyl groups is 1. The molecule has 0 aromatic heterocycles. The maximum Gasteiger partial charge on any atom is 0.323 e. The summed E-state index contributed by atoms with van der Waals surface area (Å²) in [5, 5.41) is 16.4. The van der Waals surface area contributed by atoms with Crippen LogP contribution in [0.1, 0.15) is 22.8 Å². The van der Waals surface area contributed by atoms with E-state index in [4.69, 9.17) is 0 Å². The topological polar surface area (TPSA) is 64.6 Å². The number of nitrogens with one attached hydrogen (secondary N) is 2. The van der Waals surface area contributed by atoms with Gasteiger partial charge in [0.15, 0.2) is 0 Å². The van der Waals surface area contributed by atoms with Gasteiger partial charge in [0.25, 0.3) is 0 Å². The van der Waals surface area contributed by atoms with Gasteiger partial charge in [-0.25, -0.2) is 4.79 Å². The molecule has 1 heterocycles. The summed E-state index contributed by atoms with van der Waals surface area (Å²) in [5.74, 6) is 0. The maximum absolute atomic E-state index is 12.4. The van der Waals surface area contributed by atoms with Gasteiger partial charge in [0, 0.05) is 31.0 Å². The molecule has 0 saturated carbocycles. The molecule has 148 valence electrons. The third kappa shape index (κ3) is 4.83. The van der Waals surface area contributed by atoms with Crippen LogP contribution in [-0.4, -0.2) is 29.1 Å². The normalized spacial score (nSPS) is 14.7. The second kappa shape index (κ2) is 8.90. The molecule has 0 saturated heterocycles. The average Bonchev–Trinajstić information content (AvgIpc) is 2.75. The van der Waals surface area contributed by atoms with E-state index in [2.05, 4.69) is 21.6 Å². The first kappa shape index (κ1) is 19.2. The number of fused-ring (bicyclic) bond motifs is 1. The summed E-state index contributed by atoms with van der Waals surface area (Å²) >= 11 is 0. The van der Waals surface area contributed by atoms with E-state index in [0.717, 1.165) is 36.4 Å². The van der Waals surface area contributed by atoms with E-state index in [1.807, 2.05) is 72.8 Å². The average molecular weight is 387 g/mol. The number of urea groups is 1. The van der Waals surface area contributed by atoms with Crippen LogP contribution in [0.25, 0.3) is 0 Å². The Kier molecular flexibility index (Phi) is 5.89. The number of anilines is 2. The van der Waals surface area contributed by atoms with E-state index >= 15 is 0 Å². The number of aliphatic hydroxyl groups excluding tert-OH is 1. The van der Waals surface area contributed by atoms with Crippen LogP contribution in [0.5, 0.6) is 0 Å². The molecule has 1 aliphatic rings. The van der Waals surface area contributed by atoms with Gasteiger partial charge in [0.05, 0.1) is 6.10 Å². The molecule has 2 amide bonds. The Bertz CT molecular complexity index is 960. The Balaban J connectivity index is 1.40. The molecule has 3 aromatic rings. The van der Waals surface area contributed by atoms with Crippen LogP contribution >= 0.6 is 0 Å². The molecule has 4 rings (SSSR count). The predicted octanol–water partition coefficient (Wildman–Crippen LogP) is 4.42. The molecule has 0 bridgehead atoms. The van der Waals surface area contributed by atoms with E-state index in [0.29, 0.717) is 6.54 Å². The second-order valence-corrected chi connectivity index (χ2v) is 7.30. The molecule has 3 aromatic carbocycles. The molecular weight excluding hydrogens is 362 g/mol. The summed E-state index contributed by atoms with van der Waals surface area (Å²) in [4.78, 5) is 14.6. The third-order valence-electron chi connectivity index (χ3n) is 5.24. The first-order valence-electron chi connectivity index (χ1n) is 9.88. The highest BCUT2D eigenvalue weighted by Crippen LogP contribution is 2.27. The minimum absolute atomic E-state index is 0.244. The van der Waals surface area contributed by atoms with Crippen molar-refractivity contribution < 1.29 is 9.90 Å². The zero-order valence-corrected chi connectivity index (χ0v) is 16.2. The number of hydrogen-bond donors (Lipinski definition) is 3. The summed E-state index contributed by atoms with van der Waals surface area (Å²) in [6.07, 6.45) is 0.328. The summed E-state index contributed by atoms with van der Waals surface area (Å²) < 4.78 is 0. The molecule has 3 N–H and O–H groups in total. The van der Waals surface area contributed by atoms with Crippen LogP contribution in [0.3, 0.4) is 0 Å². The second-order valence-electron chi connectivity index (χ2n) is 7.30. The Hall–Kier alpha value is -3.15. The largest absolute Gasteiger partial charge is 0.387 e. The van der Waals surface area contributed by atoms with Crippen molar-refractivity contribution in [3.63, 3.8) is 0 Å². The number of amides is 2. The summed E-state index contributed by atoms with van der Waals surface area (Å²) in [6.45, 7) is 2.19. The SMILES string of the molecule is O=C(Nc1ccccc1)Nc1cccc2c1CCN(CC(O)c1ccccc1)C2. The Morgan fingerprint density at radius 3 is 2.41 bits per heavy atom. The van der Waals surface area contributed by atoms with Gasteiger partial charge in [-0.05, 0) is 41.3 Å². The van der Waals surface area contributed by atoms with E-state index in [-0.39, 0.29) is 6.03 Å². The molecule has 5 heteroatoms. The molecule has 5 nitrogen and oxygen atoms in total. The van der Waals surface area contributed by atoms with Crippen molar-refractivity contribution in [2.75, 3.05) is 23.7 Å². The zero-order chi connectivity index (χ0) is 20.1. The fourth-order valence-electron chi connectivity index (χ4n) is 3.77. The van der Waals surface area contributed by atoms with E-state index in [9.17, 15) is 9.90 Å². The molecule has 1 atom stereocenters. The van der Waals surface area contributed by atoms with Crippen molar-refractivity contribution in [1.29, 1.82) is 0 Å². The maximum atomic E-state index is 12.4. The van der Waals surface area contributed by atoms with Crippen molar-refractivity contribution in [1.82, 2.24) is 4.90 Å². The lowest BCUT2D eigenvalue weighted by Crippen LogP contribution is -2.34. The minimum atomic E-state index is -0.504. The number of benzene rings is 3. The third-order valence-corrected chi connectivity index (χ3v) is 5.24. The smallest absolute Gasteiger partial charge is 0.323 e. The number of para-hydroxylation sites is 1. The lowest BCUT2D eigenvalue weighted by molar-refractivity contribution is 0.106. The molecule has 1 aliphatic heterocycles. The number of carbonyl (C=O) groups is 1. The fourth-order valence-corrected chi connectivity index (χ4v) is 3.77. The van der Waals surface area contributed by atoms with Gasteiger partial charge >= 0.3 is 6.03 Å². The highest BCUT2D eigenvalue weighted by atomic mass is 16.3. The van der Waals surface area contributed by atoms with Gasteiger partial charge in [-0.2, -0.15) is 0 Å². The molecule has 0 aliphatic carbocycles. The first-order valence-corrected chi connectivity index (χ1v) is 9.88. The first-order chi connectivity index (χ1) is 14.2. The summed E-state index contributed by atoms with van der Waals surface area (Å²) in [6, 6.07) is 24.9. The van der Waals surface area contributed by atoms with E-state index in [1.54, 1.807) is 0 Å². The quantitative estimate of drug-likeness (QED) is 0.607. The van der Waals surface area contributed by atoms with Crippen LogP contribution in [0.15, 0.2) is 78.9 Å². The fraction of sp³-hybridized carbons (Fsp3) is 0.208. The Labute approximate surface area is 171 Å². The highest BCUT2D eigenvalue weighted by molar-refractivity contribution is 6.00. The number of carbonyl (C=O) groups excluding carboxylic acids is 1. The van der Waals surface area contributed by atoms with Crippen LogP contribution in [0.4, 0.5) is 16.2 Å². The lowest BCUT2D eigenvalue weighted by atomic mass is 9.97. The number of rotatable bonds is 5. The van der Waals surface area contributed by atoms with E-state index < -0.39 is 6.10 Å². The summed E-state index contributed by atoms with van der Waals surface area (Å²) in [7, 11) is 0. The molecule has 1 unspecified atom stereocenters. The Morgan fingerprint density at radius 2 is 1.66 bits per heavy atom. The van der Waals surface area contributed by atoms with Crippen molar-refractivity contribution in [3.8, 4) is 0 Å². The van der Waals surface area contributed by atoms with Crippen molar-refractivity contribution in [2.24, 2.45) is 0 Å². The van der Waals surface area contributed by atoms with Crippen LogP contribution in [0, 0.1) is 0 Å². The van der Waals surface area contributed by atoms with Gasteiger partial charge in [-0.1, -0.05) is 60.7 Å². The Morgan fingerprint density at radius 1 is 0.931 bits per heavy atom. The number of hydrogen-bond acceptors (Lipinski definition) is 3. The van der Waals surface area contributed by atoms with Crippen LogP contribution in [-0.2, 0) is 13.0 Å². The molecule has 0 radical (unpaired) electrons. The molecule has 0 fully saturated rings. The van der Waals surface area contributed by atoms with Crippen molar-refractivity contribution in [2.45, 2.75) is 19.1 Å². The molecule has 0 spiro atoms. The summed E-state index contributed by atoms with van der Waals surface area (Å²) in [5.41, 5.74) is 4.90. The monoisotopic (exact) mass is 387 g/mol. The molecule has 29 heavy (non-hydrogen) atoms. The van der Waals surface area contributed by atoms with Gasteiger partial charge < -0.3 is 15.7 Å². The minimum Gasteiger partial charge on any atom is -0.387 e. The van der Waals surface area contributed by atoms with Crippen molar-refractivity contribution in [3.05, 3.63) is 95.6 Å². The van der Waals surface area contributed by atoms with Gasteiger partial charge in [-0.3, -0.25) is 4.90 Å². The van der Waals surface area contributed by atoms with E-state index in [1.165, 1.54) is 11.1 Å². The standard InChI is InChI=1S/C24H25N3O2/c28-23(18-8-3-1-4-9-18)17-27-15-14-21-19(16-27)10-7-13-22(21)26-24(29)25-20-11-5-2-6-12-20/h1-13,23,28H,14-17H2,(H2,25,26,29). The van der Waals surface area contributed by atoms with Gasteiger partial charge in [0.2, 0.25) is 0 Å². The number of nitrogens with zero attached hydrogens (tertiary/aromatic N) is 1. The predicted molar refractivity (Wildman–Crippen MR) is 116 cm³/mol. The van der Waals surface area contributed by atoms with Gasteiger partial charge in [-0.15, -0.1) is 0 Å². The van der Waals surface area contributed by atoms with Crippen molar-refractivity contribution >= 4 is 17.4 Å². The van der Waals surface area contributed by atoms with Gasteiger partial charge in [0.1, 0.15) is 0 Å². The number of β-amino-alcohol motifs (C(OH)–C–C–N with tert-alkyl or cyclic N) is 1. The van der Waals surface area contributed by atoms with Crippen LogP contribution < -0.4 is 10.6 Å².